The average Bonchev–Trinajstić information content (AvgIpc) is 3.39. The summed E-state index contributed by atoms with van der Waals surface area (Å²) < 4.78 is 46.3. The number of alkyl halides is 3. The molecule has 3 aromatic rings. The van der Waals surface area contributed by atoms with E-state index in [1.54, 1.807) is 6.92 Å². The maximum Gasteiger partial charge on any atom is 0.433 e. The Morgan fingerprint density at radius 2 is 2.00 bits per heavy atom. The van der Waals surface area contributed by atoms with E-state index in [0.29, 0.717) is 10.2 Å². The number of anilines is 1. The first kappa shape index (κ1) is 22.7. The molecule has 0 aliphatic heterocycles. The van der Waals surface area contributed by atoms with Gasteiger partial charge < -0.3 is 15.8 Å². The zero-order valence-electron chi connectivity index (χ0n) is 17.4. The van der Waals surface area contributed by atoms with Crippen LogP contribution in [0.1, 0.15) is 73.2 Å². The highest BCUT2D eigenvalue weighted by Crippen LogP contribution is 2.41. The number of carbonyl (C=O) groups is 3. The molecule has 0 atom stereocenters. The molecule has 3 aromatic heterocycles. The lowest BCUT2D eigenvalue weighted by atomic mass is 10.1. The summed E-state index contributed by atoms with van der Waals surface area (Å²) in [6, 6.07) is 2.08. The van der Waals surface area contributed by atoms with Gasteiger partial charge in [-0.3, -0.25) is 9.59 Å². The van der Waals surface area contributed by atoms with E-state index in [4.69, 9.17) is 10.5 Å². The number of nitrogens with one attached hydrogen (secondary N) is 1. The van der Waals surface area contributed by atoms with Gasteiger partial charge in [-0.05, 0) is 38.3 Å². The molecule has 3 N–H and O–H groups in total. The molecule has 0 bridgehead atoms. The molecule has 1 saturated carbocycles. The number of carbonyl (C=O) groups excluding carboxylic acids is 3. The molecule has 1 aliphatic carbocycles. The van der Waals surface area contributed by atoms with Crippen molar-refractivity contribution in [2.24, 2.45) is 5.73 Å². The number of ether oxygens (including phenoxy) is 1. The van der Waals surface area contributed by atoms with E-state index in [9.17, 15) is 27.6 Å². The quantitative estimate of drug-likeness (QED) is 0.519. The van der Waals surface area contributed by atoms with Gasteiger partial charge in [-0.15, -0.1) is 11.3 Å². The number of halogens is 3. The Morgan fingerprint density at radius 3 is 2.58 bits per heavy atom. The van der Waals surface area contributed by atoms with Crippen LogP contribution in [0.25, 0.3) is 5.65 Å². The minimum Gasteiger partial charge on any atom is -0.462 e. The summed E-state index contributed by atoms with van der Waals surface area (Å²) in [7, 11) is 0. The van der Waals surface area contributed by atoms with E-state index in [1.165, 1.54) is 6.92 Å². The van der Waals surface area contributed by atoms with E-state index < -0.39 is 29.7 Å². The molecule has 3 heterocycles. The first-order chi connectivity index (χ1) is 15.5. The molecule has 0 radical (unpaired) electrons. The van der Waals surface area contributed by atoms with Crippen LogP contribution in [0.2, 0.25) is 0 Å². The summed E-state index contributed by atoms with van der Waals surface area (Å²) >= 11 is 0.763. The minimum absolute atomic E-state index is 0.0236. The van der Waals surface area contributed by atoms with Crippen LogP contribution in [0, 0.1) is 6.92 Å². The molecular formula is C20H18F3N5O4S. The van der Waals surface area contributed by atoms with Gasteiger partial charge in [-0.1, -0.05) is 0 Å². The molecule has 0 aromatic carbocycles. The van der Waals surface area contributed by atoms with E-state index in [2.05, 4.69) is 15.4 Å². The molecule has 0 saturated heterocycles. The standard InChI is InChI=1S/C20H18F3N5O4S/c1-3-32-19(31)14-8(2)15(16(24)29)33-18(14)26-17(30)11-7-13-25-10(9-4-5-9)6-12(20(21,22)23)28(13)27-11/h6-7,9H,3-5H2,1-2H3,(H2,24,29)(H,26,30). The summed E-state index contributed by atoms with van der Waals surface area (Å²) in [5.41, 5.74) is 4.30. The largest absolute Gasteiger partial charge is 0.462 e. The number of nitrogens with zero attached hydrogens (tertiary/aromatic N) is 3. The lowest BCUT2D eigenvalue weighted by Gasteiger charge is -2.10. The van der Waals surface area contributed by atoms with Crippen molar-refractivity contribution in [2.45, 2.75) is 38.8 Å². The van der Waals surface area contributed by atoms with Crippen LogP contribution in [0.4, 0.5) is 18.2 Å². The van der Waals surface area contributed by atoms with Crippen LogP contribution in [-0.2, 0) is 10.9 Å². The van der Waals surface area contributed by atoms with Gasteiger partial charge in [-0.25, -0.2) is 14.3 Å². The molecule has 1 fully saturated rings. The van der Waals surface area contributed by atoms with Crippen LogP contribution < -0.4 is 11.1 Å². The van der Waals surface area contributed by atoms with Crippen molar-refractivity contribution >= 4 is 39.8 Å². The van der Waals surface area contributed by atoms with Crippen LogP contribution in [0.5, 0.6) is 0 Å². The summed E-state index contributed by atoms with van der Waals surface area (Å²) in [6.07, 6.45) is -3.21. The Hall–Kier alpha value is -3.48. The molecule has 174 valence electrons. The maximum atomic E-state index is 13.6. The van der Waals surface area contributed by atoms with Crippen LogP contribution in [-0.4, -0.2) is 39.0 Å². The third-order valence-electron chi connectivity index (χ3n) is 5.04. The van der Waals surface area contributed by atoms with Gasteiger partial charge in [0, 0.05) is 17.7 Å². The predicted molar refractivity (Wildman–Crippen MR) is 111 cm³/mol. The van der Waals surface area contributed by atoms with Crippen LogP contribution >= 0.6 is 11.3 Å². The third kappa shape index (κ3) is 4.27. The second-order valence-corrected chi connectivity index (χ2v) is 8.46. The van der Waals surface area contributed by atoms with Gasteiger partial charge in [0.1, 0.15) is 10.7 Å². The van der Waals surface area contributed by atoms with E-state index in [0.717, 1.165) is 36.3 Å². The van der Waals surface area contributed by atoms with Crippen molar-refractivity contribution in [3.63, 3.8) is 0 Å². The first-order valence-corrected chi connectivity index (χ1v) is 10.7. The highest BCUT2D eigenvalue weighted by Gasteiger charge is 2.37. The van der Waals surface area contributed by atoms with Crippen molar-refractivity contribution in [3.05, 3.63) is 45.2 Å². The van der Waals surface area contributed by atoms with Gasteiger partial charge in [0.2, 0.25) is 0 Å². The lowest BCUT2D eigenvalue weighted by molar-refractivity contribution is -0.142. The number of nitrogens with two attached hydrogens (primary N) is 1. The smallest absolute Gasteiger partial charge is 0.433 e. The van der Waals surface area contributed by atoms with Gasteiger partial charge >= 0.3 is 12.1 Å². The molecule has 0 spiro atoms. The second-order valence-electron chi connectivity index (χ2n) is 7.44. The minimum atomic E-state index is -4.71. The van der Waals surface area contributed by atoms with Crippen molar-refractivity contribution < 1.29 is 32.3 Å². The monoisotopic (exact) mass is 481 g/mol. The molecule has 1 aliphatic rings. The van der Waals surface area contributed by atoms with E-state index >= 15 is 0 Å². The predicted octanol–water partition coefficient (Wildman–Crippen LogP) is 3.52. The fourth-order valence-corrected chi connectivity index (χ4v) is 4.39. The number of rotatable bonds is 6. The number of hydrogen-bond acceptors (Lipinski definition) is 7. The number of thiophene rings is 1. The van der Waals surface area contributed by atoms with Crippen molar-refractivity contribution in [1.82, 2.24) is 14.6 Å². The maximum absolute atomic E-state index is 13.6. The Kier molecular flexibility index (Phi) is 5.60. The fourth-order valence-electron chi connectivity index (χ4n) is 3.35. The first-order valence-electron chi connectivity index (χ1n) is 9.90. The number of esters is 1. The topological polar surface area (TPSA) is 129 Å². The number of hydrogen-bond donors (Lipinski definition) is 2. The molecule has 9 nitrogen and oxygen atoms in total. The second kappa shape index (κ2) is 8.14. The molecule has 0 unspecified atom stereocenters. The summed E-state index contributed by atoms with van der Waals surface area (Å²) in [5.74, 6) is -2.51. The van der Waals surface area contributed by atoms with Gasteiger partial charge in [-0.2, -0.15) is 18.3 Å². The Labute approximate surface area is 188 Å². The zero-order valence-corrected chi connectivity index (χ0v) is 18.3. The third-order valence-corrected chi connectivity index (χ3v) is 6.26. The number of fused-ring (bicyclic) bond motifs is 1. The summed E-state index contributed by atoms with van der Waals surface area (Å²) in [6.45, 7) is 3.11. The zero-order chi connectivity index (χ0) is 24.1. The number of primary amides is 1. The van der Waals surface area contributed by atoms with Crippen molar-refractivity contribution in [3.8, 4) is 0 Å². The Morgan fingerprint density at radius 1 is 1.30 bits per heavy atom. The Bertz CT molecular complexity index is 1290. The fraction of sp³-hybridized carbons (Fsp3) is 0.350. The van der Waals surface area contributed by atoms with Crippen LogP contribution in [0.15, 0.2) is 12.1 Å². The SMILES string of the molecule is CCOC(=O)c1c(NC(=O)c2cc3nc(C4CC4)cc(C(F)(F)F)n3n2)sc(C(N)=O)c1C. The lowest BCUT2D eigenvalue weighted by Crippen LogP contribution is -2.17. The molecule has 13 heteroatoms. The van der Waals surface area contributed by atoms with Crippen molar-refractivity contribution in [2.75, 3.05) is 11.9 Å². The molecule has 2 amide bonds. The highest BCUT2D eigenvalue weighted by atomic mass is 32.1. The average molecular weight is 481 g/mol. The van der Waals surface area contributed by atoms with E-state index in [-0.39, 0.29) is 44.9 Å². The van der Waals surface area contributed by atoms with Crippen molar-refractivity contribution in [1.29, 1.82) is 0 Å². The normalized spacial score (nSPS) is 13.8. The highest BCUT2D eigenvalue weighted by molar-refractivity contribution is 7.18. The van der Waals surface area contributed by atoms with Crippen LogP contribution in [0.3, 0.4) is 0 Å². The van der Waals surface area contributed by atoms with Gasteiger partial charge in [0.15, 0.2) is 11.3 Å². The van der Waals surface area contributed by atoms with E-state index in [1.807, 2.05) is 0 Å². The summed E-state index contributed by atoms with van der Waals surface area (Å²) in [5, 5.41) is 6.20. The molecule has 33 heavy (non-hydrogen) atoms. The van der Waals surface area contributed by atoms with Gasteiger partial charge in [0.25, 0.3) is 11.8 Å². The molecule has 4 rings (SSSR count). The number of aromatic nitrogens is 3. The summed E-state index contributed by atoms with van der Waals surface area (Å²) in [4.78, 5) is 41.2. The number of amides is 2. The molecular weight excluding hydrogens is 463 g/mol. The Balaban J connectivity index is 1.74. The van der Waals surface area contributed by atoms with Gasteiger partial charge in [0.05, 0.1) is 17.0 Å².